The normalized spacial score (nSPS) is 24.0. The Kier molecular flexibility index (Phi) is 3.43. The molecule has 0 saturated carbocycles. The van der Waals surface area contributed by atoms with E-state index in [1.807, 2.05) is 18.4 Å². The summed E-state index contributed by atoms with van der Waals surface area (Å²) in [7, 11) is 0. The van der Waals surface area contributed by atoms with E-state index in [4.69, 9.17) is 0 Å². The van der Waals surface area contributed by atoms with E-state index in [1.54, 1.807) is 6.92 Å². The monoisotopic (exact) mass is 267 g/mol. The molecule has 98 valence electrons. The van der Waals surface area contributed by atoms with E-state index in [1.165, 1.54) is 16.2 Å². The van der Waals surface area contributed by atoms with E-state index < -0.39 is 11.5 Å². The minimum absolute atomic E-state index is 0.146. The third-order valence-electron chi connectivity index (χ3n) is 3.65. The molecule has 1 saturated heterocycles. The summed E-state index contributed by atoms with van der Waals surface area (Å²) in [6.07, 6.45) is 2.26. The lowest BCUT2D eigenvalue weighted by molar-refractivity contribution is -0.150. The van der Waals surface area contributed by atoms with E-state index in [0.717, 1.165) is 18.4 Å². The Morgan fingerprint density at radius 3 is 2.72 bits per heavy atom. The molecule has 1 aliphatic rings. The highest BCUT2D eigenvalue weighted by Crippen LogP contribution is 2.31. The Balaban J connectivity index is 2.33. The zero-order valence-corrected chi connectivity index (χ0v) is 11.4. The summed E-state index contributed by atoms with van der Waals surface area (Å²) in [6.45, 7) is 4.06. The Hall–Kier alpha value is -1.36. The number of carboxylic acid groups (broad SMARTS) is 1. The molecule has 2 heterocycles. The van der Waals surface area contributed by atoms with Gasteiger partial charge in [0.2, 0.25) is 0 Å². The highest BCUT2D eigenvalue weighted by Gasteiger charge is 2.44. The number of carbonyl (C=O) groups excluding carboxylic acids is 1. The minimum Gasteiger partial charge on any atom is -0.480 e. The first-order valence-electron chi connectivity index (χ1n) is 6.06. The van der Waals surface area contributed by atoms with Crippen LogP contribution in [0.1, 0.15) is 41.4 Å². The lowest BCUT2D eigenvalue weighted by Gasteiger charge is -2.41. The number of aryl methyl sites for hydroxylation is 1. The fourth-order valence-electron chi connectivity index (χ4n) is 2.38. The molecule has 0 aromatic carbocycles. The summed E-state index contributed by atoms with van der Waals surface area (Å²) in [5.41, 5.74) is -0.144. The summed E-state index contributed by atoms with van der Waals surface area (Å²) >= 11 is 1.38. The predicted octanol–water partition coefficient (Wildman–Crippen LogP) is 2.53. The second kappa shape index (κ2) is 4.72. The molecule has 0 spiro atoms. The van der Waals surface area contributed by atoms with E-state index in [2.05, 4.69) is 0 Å². The van der Waals surface area contributed by atoms with Crippen molar-refractivity contribution < 1.29 is 14.7 Å². The van der Waals surface area contributed by atoms with Gasteiger partial charge in [-0.25, -0.2) is 4.79 Å². The number of piperidine rings is 1. The highest BCUT2D eigenvalue weighted by atomic mass is 32.1. The molecule has 1 atom stereocenters. The maximum atomic E-state index is 12.5. The van der Waals surface area contributed by atoms with Crippen molar-refractivity contribution in [3.8, 4) is 0 Å². The van der Waals surface area contributed by atoms with E-state index in [9.17, 15) is 14.7 Å². The molecule has 1 aromatic heterocycles. The molecule has 5 heteroatoms. The Morgan fingerprint density at radius 1 is 1.44 bits per heavy atom. The predicted molar refractivity (Wildman–Crippen MR) is 70.0 cm³/mol. The number of nitrogens with zero attached hydrogens (tertiary/aromatic N) is 1. The number of rotatable bonds is 2. The Bertz CT molecular complexity index is 482. The number of hydrogen-bond acceptors (Lipinski definition) is 3. The number of likely N-dealkylation sites (tertiary alicyclic amines) is 1. The van der Waals surface area contributed by atoms with Gasteiger partial charge in [-0.15, -0.1) is 11.3 Å². The van der Waals surface area contributed by atoms with Crippen molar-refractivity contribution in [1.29, 1.82) is 0 Å². The van der Waals surface area contributed by atoms with Gasteiger partial charge in [0.15, 0.2) is 0 Å². The van der Waals surface area contributed by atoms with Crippen molar-refractivity contribution in [1.82, 2.24) is 4.90 Å². The first kappa shape index (κ1) is 13.1. The van der Waals surface area contributed by atoms with E-state index >= 15 is 0 Å². The molecule has 1 aliphatic heterocycles. The van der Waals surface area contributed by atoms with Crippen molar-refractivity contribution >= 4 is 23.2 Å². The molecule has 1 aromatic rings. The average Bonchev–Trinajstić information content (AvgIpc) is 2.75. The maximum absolute atomic E-state index is 12.5. The number of aliphatic carboxylic acids is 1. The van der Waals surface area contributed by atoms with Crippen LogP contribution in [0.15, 0.2) is 11.4 Å². The van der Waals surface area contributed by atoms with Crippen molar-refractivity contribution in [2.75, 3.05) is 6.54 Å². The van der Waals surface area contributed by atoms with Crippen LogP contribution in [-0.4, -0.2) is 34.0 Å². The van der Waals surface area contributed by atoms with Gasteiger partial charge in [0.05, 0.1) is 4.88 Å². The van der Waals surface area contributed by atoms with Crippen LogP contribution in [0, 0.1) is 6.92 Å². The Labute approximate surface area is 110 Å². The smallest absolute Gasteiger partial charge is 0.329 e. The second-order valence-corrected chi connectivity index (χ2v) is 5.84. The summed E-state index contributed by atoms with van der Waals surface area (Å²) in [5.74, 6) is -1.06. The van der Waals surface area contributed by atoms with Crippen LogP contribution < -0.4 is 0 Å². The second-order valence-electron chi connectivity index (χ2n) is 4.93. The van der Waals surface area contributed by atoms with Gasteiger partial charge < -0.3 is 10.0 Å². The first-order chi connectivity index (χ1) is 8.47. The van der Waals surface area contributed by atoms with Gasteiger partial charge >= 0.3 is 5.97 Å². The van der Waals surface area contributed by atoms with Crippen LogP contribution in [0.4, 0.5) is 0 Å². The molecule has 0 radical (unpaired) electrons. The van der Waals surface area contributed by atoms with Gasteiger partial charge in [-0.2, -0.15) is 0 Å². The topological polar surface area (TPSA) is 57.6 Å². The molecule has 18 heavy (non-hydrogen) atoms. The molecule has 1 N–H and O–H groups in total. The highest BCUT2D eigenvalue weighted by molar-refractivity contribution is 7.12. The van der Waals surface area contributed by atoms with Gasteiger partial charge in [0.1, 0.15) is 5.54 Å². The third-order valence-corrected chi connectivity index (χ3v) is 4.66. The fourth-order valence-corrected chi connectivity index (χ4v) is 3.26. The summed E-state index contributed by atoms with van der Waals surface area (Å²) in [4.78, 5) is 26.1. The Morgan fingerprint density at radius 2 is 2.17 bits per heavy atom. The lowest BCUT2D eigenvalue weighted by atomic mass is 9.88. The zero-order chi connectivity index (χ0) is 13.3. The van der Waals surface area contributed by atoms with Crippen molar-refractivity contribution in [2.24, 2.45) is 0 Å². The largest absolute Gasteiger partial charge is 0.480 e. The molecule has 1 unspecified atom stereocenters. The average molecular weight is 267 g/mol. The molecule has 4 nitrogen and oxygen atoms in total. The standard InChI is InChI=1S/C13H17NO3S/c1-9-5-8-18-10(9)11(15)14-7-4-3-6-13(14,2)12(16)17/h5,8H,3-4,6-7H2,1-2H3,(H,16,17). The molecule has 1 fully saturated rings. The van der Waals surface area contributed by atoms with Gasteiger partial charge in [-0.3, -0.25) is 4.79 Å². The van der Waals surface area contributed by atoms with E-state index in [-0.39, 0.29) is 5.91 Å². The fraction of sp³-hybridized carbons (Fsp3) is 0.538. The third kappa shape index (κ3) is 2.03. The maximum Gasteiger partial charge on any atom is 0.329 e. The quantitative estimate of drug-likeness (QED) is 0.895. The summed E-state index contributed by atoms with van der Waals surface area (Å²) in [5, 5.41) is 11.3. The molecule has 1 amide bonds. The van der Waals surface area contributed by atoms with Crippen molar-refractivity contribution in [3.05, 3.63) is 21.9 Å². The lowest BCUT2D eigenvalue weighted by Crippen LogP contribution is -2.57. The zero-order valence-electron chi connectivity index (χ0n) is 10.6. The van der Waals surface area contributed by atoms with Gasteiger partial charge in [-0.1, -0.05) is 0 Å². The van der Waals surface area contributed by atoms with Crippen LogP contribution >= 0.6 is 11.3 Å². The van der Waals surface area contributed by atoms with Crippen molar-refractivity contribution in [2.45, 2.75) is 38.6 Å². The van der Waals surface area contributed by atoms with Crippen LogP contribution in [0.25, 0.3) is 0 Å². The van der Waals surface area contributed by atoms with Gasteiger partial charge in [-0.05, 0) is 50.1 Å². The number of carbonyl (C=O) groups is 2. The van der Waals surface area contributed by atoms with Crippen LogP contribution in [0.5, 0.6) is 0 Å². The SMILES string of the molecule is Cc1ccsc1C(=O)N1CCCCC1(C)C(=O)O. The number of amides is 1. The first-order valence-corrected chi connectivity index (χ1v) is 6.94. The molecule has 2 rings (SSSR count). The minimum atomic E-state index is -1.06. The summed E-state index contributed by atoms with van der Waals surface area (Å²) < 4.78 is 0. The van der Waals surface area contributed by atoms with Gasteiger partial charge in [0.25, 0.3) is 5.91 Å². The molecular weight excluding hydrogens is 250 g/mol. The number of hydrogen-bond donors (Lipinski definition) is 1. The van der Waals surface area contributed by atoms with Crippen LogP contribution in [0.2, 0.25) is 0 Å². The summed E-state index contributed by atoms with van der Waals surface area (Å²) in [6, 6.07) is 1.89. The van der Waals surface area contributed by atoms with Crippen LogP contribution in [0.3, 0.4) is 0 Å². The number of carboxylic acids is 1. The van der Waals surface area contributed by atoms with E-state index in [0.29, 0.717) is 17.8 Å². The molecular formula is C13H17NO3S. The molecule has 0 aliphatic carbocycles. The van der Waals surface area contributed by atoms with Crippen LogP contribution in [-0.2, 0) is 4.79 Å². The molecule has 0 bridgehead atoms. The van der Waals surface area contributed by atoms with Gasteiger partial charge in [0, 0.05) is 6.54 Å². The number of thiophene rings is 1. The van der Waals surface area contributed by atoms with Crippen molar-refractivity contribution in [3.63, 3.8) is 0 Å².